The summed E-state index contributed by atoms with van der Waals surface area (Å²) in [7, 11) is 0. The Bertz CT molecular complexity index is 903. The molecule has 0 aliphatic carbocycles. The third-order valence-electron chi connectivity index (χ3n) is 4.89. The van der Waals surface area contributed by atoms with Crippen LogP contribution in [0.2, 0.25) is 0 Å². The predicted molar refractivity (Wildman–Crippen MR) is 94.9 cm³/mol. The predicted octanol–water partition coefficient (Wildman–Crippen LogP) is 1.79. The lowest BCUT2D eigenvalue weighted by molar-refractivity contribution is -0.127. The van der Waals surface area contributed by atoms with Gasteiger partial charge in [0.1, 0.15) is 0 Å². The minimum Gasteiger partial charge on any atom is -0.349 e. The first-order chi connectivity index (χ1) is 12.3. The van der Waals surface area contributed by atoms with Crippen molar-refractivity contribution in [1.29, 1.82) is 0 Å². The lowest BCUT2D eigenvalue weighted by Crippen LogP contribution is -2.50. The molecule has 0 radical (unpaired) electrons. The van der Waals surface area contributed by atoms with E-state index in [-0.39, 0.29) is 11.9 Å². The summed E-state index contributed by atoms with van der Waals surface area (Å²) in [4.78, 5) is 23.4. The van der Waals surface area contributed by atoms with Crippen LogP contribution in [0.1, 0.15) is 23.7 Å². The highest BCUT2D eigenvalue weighted by Gasteiger charge is 2.30. The fourth-order valence-electron chi connectivity index (χ4n) is 3.49. The largest absolute Gasteiger partial charge is 0.349 e. The first-order valence-corrected chi connectivity index (χ1v) is 8.60. The van der Waals surface area contributed by atoms with E-state index in [9.17, 15) is 4.79 Å². The number of nitrogens with one attached hydrogen (secondary N) is 1. The van der Waals surface area contributed by atoms with E-state index in [4.69, 9.17) is 0 Å². The van der Waals surface area contributed by atoms with Crippen molar-refractivity contribution in [3.8, 4) is 0 Å². The van der Waals surface area contributed by atoms with Crippen LogP contribution < -0.4 is 5.32 Å². The minimum atomic E-state index is -0.124. The molecular formula is C19H21N5O. The fourth-order valence-corrected chi connectivity index (χ4v) is 3.49. The molecule has 0 unspecified atom stereocenters. The summed E-state index contributed by atoms with van der Waals surface area (Å²) >= 11 is 0. The zero-order valence-corrected chi connectivity index (χ0v) is 14.2. The van der Waals surface area contributed by atoms with Gasteiger partial charge in [-0.15, -0.1) is 0 Å². The number of carbonyl (C=O) groups is 1. The molecule has 1 aromatic carbocycles. The normalized spacial score (nSPS) is 17.4. The van der Waals surface area contributed by atoms with Gasteiger partial charge in [-0.2, -0.15) is 0 Å². The highest BCUT2D eigenvalue weighted by molar-refractivity contribution is 5.82. The molecular weight excluding hydrogens is 314 g/mol. The summed E-state index contributed by atoms with van der Waals surface area (Å²) in [5, 5.41) is 3.08. The lowest BCUT2D eigenvalue weighted by Gasteiger charge is -2.35. The molecule has 0 bridgehead atoms. The lowest BCUT2D eigenvalue weighted by atomic mass is 9.93. The smallest absolute Gasteiger partial charge is 0.238 e. The number of benzene rings is 1. The first-order valence-electron chi connectivity index (χ1n) is 8.60. The Morgan fingerprint density at radius 1 is 1.28 bits per heavy atom. The molecule has 1 amide bonds. The van der Waals surface area contributed by atoms with Crippen molar-refractivity contribution in [1.82, 2.24) is 24.6 Å². The quantitative estimate of drug-likeness (QED) is 0.790. The van der Waals surface area contributed by atoms with Crippen molar-refractivity contribution in [3.05, 3.63) is 65.9 Å². The second-order valence-electron chi connectivity index (χ2n) is 6.32. The molecule has 1 N–H and O–H groups in total. The van der Waals surface area contributed by atoms with Crippen molar-refractivity contribution in [2.75, 3.05) is 6.54 Å². The number of fused-ring (bicyclic) bond motifs is 2. The van der Waals surface area contributed by atoms with E-state index in [1.54, 1.807) is 18.6 Å². The van der Waals surface area contributed by atoms with Gasteiger partial charge in [-0.3, -0.25) is 19.1 Å². The number of amides is 1. The number of nitrogens with zero attached hydrogens (tertiary/aromatic N) is 4. The molecule has 0 saturated heterocycles. The van der Waals surface area contributed by atoms with Gasteiger partial charge in [0, 0.05) is 18.9 Å². The van der Waals surface area contributed by atoms with Crippen molar-refractivity contribution in [3.63, 3.8) is 0 Å². The van der Waals surface area contributed by atoms with Gasteiger partial charge < -0.3 is 5.32 Å². The van der Waals surface area contributed by atoms with Gasteiger partial charge in [0.2, 0.25) is 5.91 Å². The summed E-state index contributed by atoms with van der Waals surface area (Å²) in [5.74, 6) is 0.0698. The highest BCUT2D eigenvalue weighted by Crippen LogP contribution is 2.23. The molecule has 6 heteroatoms. The maximum atomic E-state index is 12.8. The topological polar surface area (TPSA) is 62.5 Å². The molecule has 6 nitrogen and oxygen atoms in total. The molecule has 0 spiro atoms. The molecule has 1 atom stereocenters. The zero-order valence-electron chi connectivity index (χ0n) is 14.2. The van der Waals surface area contributed by atoms with Gasteiger partial charge in [-0.25, -0.2) is 4.98 Å². The maximum Gasteiger partial charge on any atom is 0.238 e. The molecule has 25 heavy (non-hydrogen) atoms. The molecule has 3 aromatic rings. The molecule has 1 aliphatic rings. The Morgan fingerprint density at radius 2 is 2.12 bits per heavy atom. The SMILES string of the molecule is CCN1Cc2ccccc2C[C@@H]1C(=O)NCc1cnc2cnccn12. The number of hydrogen-bond acceptors (Lipinski definition) is 4. The molecule has 0 fully saturated rings. The van der Waals surface area contributed by atoms with Crippen LogP contribution in [0.5, 0.6) is 0 Å². The Kier molecular flexibility index (Phi) is 4.19. The summed E-state index contributed by atoms with van der Waals surface area (Å²) in [6.45, 7) is 4.24. The van der Waals surface area contributed by atoms with Crippen molar-refractivity contribution < 1.29 is 4.79 Å². The first kappa shape index (κ1) is 15.8. The second kappa shape index (κ2) is 6.64. The van der Waals surface area contributed by atoms with Gasteiger partial charge in [0.15, 0.2) is 5.65 Å². The van der Waals surface area contributed by atoms with Gasteiger partial charge in [-0.05, 0) is 24.1 Å². The number of rotatable bonds is 4. The summed E-state index contributed by atoms with van der Waals surface area (Å²) in [6, 6.07) is 8.26. The number of carbonyl (C=O) groups excluding carboxylic acids is 1. The van der Waals surface area contributed by atoms with Crippen LogP contribution in [0.15, 0.2) is 49.1 Å². The van der Waals surface area contributed by atoms with Crippen LogP contribution in [-0.4, -0.2) is 37.8 Å². The molecule has 2 aromatic heterocycles. The highest BCUT2D eigenvalue weighted by atomic mass is 16.2. The Hall–Kier alpha value is -2.73. The van der Waals surface area contributed by atoms with E-state index < -0.39 is 0 Å². The summed E-state index contributed by atoms with van der Waals surface area (Å²) in [5.41, 5.74) is 4.33. The summed E-state index contributed by atoms with van der Waals surface area (Å²) < 4.78 is 1.95. The van der Waals surface area contributed by atoms with Crippen molar-refractivity contribution in [2.24, 2.45) is 0 Å². The number of imidazole rings is 1. The third kappa shape index (κ3) is 3.00. The van der Waals surface area contributed by atoms with Crippen LogP contribution in [0.3, 0.4) is 0 Å². The van der Waals surface area contributed by atoms with E-state index in [0.717, 1.165) is 30.9 Å². The molecule has 0 saturated carbocycles. The van der Waals surface area contributed by atoms with E-state index in [1.165, 1.54) is 11.1 Å². The van der Waals surface area contributed by atoms with Crippen LogP contribution in [0.4, 0.5) is 0 Å². The monoisotopic (exact) mass is 335 g/mol. The fraction of sp³-hybridized carbons (Fsp3) is 0.316. The average Bonchev–Trinajstić information content (AvgIpc) is 3.08. The van der Waals surface area contributed by atoms with Gasteiger partial charge in [0.05, 0.1) is 30.7 Å². The van der Waals surface area contributed by atoms with Crippen molar-refractivity contribution in [2.45, 2.75) is 32.5 Å². The van der Waals surface area contributed by atoms with Crippen LogP contribution in [0, 0.1) is 0 Å². The van der Waals surface area contributed by atoms with Crippen LogP contribution >= 0.6 is 0 Å². The van der Waals surface area contributed by atoms with Gasteiger partial charge >= 0.3 is 0 Å². The van der Waals surface area contributed by atoms with Crippen molar-refractivity contribution >= 4 is 11.6 Å². The van der Waals surface area contributed by atoms with E-state index in [0.29, 0.717) is 6.54 Å². The summed E-state index contributed by atoms with van der Waals surface area (Å²) in [6.07, 6.45) is 7.83. The number of hydrogen-bond donors (Lipinski definition) is 1. The number of aromatic nitrogens is 3. The van der Waals surface area contributed by atoms with E-state index >= 15 is 0 Å². The van der Waals surface area contributed by atoms with E-state index in [1.807, 2.05) is 16.7 Å². The van der Waals surface area contributed by atoms with Gasteiger partial charge in [0.25, 0.3) is 0 Å². The molecule has 128 valence electrons. The second-order valence-corrected chi connectivity index (χ2v) is 6.32. The Morgan fingerprint density at radius 3 is 2.96 bits per heavy atom. The van der Waals surface area contributed by atoms with Crippen LogP contribution in [-0.2, 0) is 24.3 Å². The maximum absolute atomic E-state index is 12.8. The average molecular weight is 335 g/mol. The molecule has 3 heterocycles. The zero-order chi connectivity index (χ0) is 17.2. The molecule has 4 rings (SSSR count). The van der Waals surface area contributed by atoms with Crippen LogP contribution in [0.25, 0.3) is 5.65 Å². The molecule has 1 aliphatic heterocycles. The third-order valence-corrected chi connectivity index (χ3v) is 4.89. The standard InChI is InChI=1S/C19H21N5O/c1-2-23-13-15-6-4-3-5-14(15)9-17(23)19(25)22-11-16-10-21-18-12-20-7-8-24(16)18/h3-8,10,12,17H,2,9,11,13H2,1H3,(H,22,25)/t17-/m1/s1. The Balaban J connectivity index is 1.49. The number of likely N-dealkylation sites (N-methyl/N-ethyl adjacent to an activating group) is 1. The van der Waals surface area contributed by atoms with Gasteiger partial charge in [-0.1, -0.05) is 31.2 Å². The van der Waals surface area contributed by atoms with E-state index in [2.05, 4.69) is 45.3 Å². The Labute approximate surface area is 146 Å². The minimum absolute atomic E-state index is 0.0698.